The highest BCUT2D eigenvalue weighted by Gasteiger charge is 2.17. The quantitative estimate of drug-likeness (QED) is 0.0552. The van der Waals surface area contributed by atoms with Gasteiger partial charge in [0.25, 0.3) is 0 Å². The standard InChI is InChI=1S/C41H67NO3/c1-3-5-7-9-11-13-14-15-16-17-18-19-20-21-22-23-24-25-26-27-28-29-31-33-35-37-41(45)42-39(38-43)40(44)36-34-32-30-12-10-8-6-4-2/h5,7,11,13,15-16,18-19,21-22,24-25,27-28,34,36,39-40,43-44H,3-4,6,8-10,12,14,17,20,23,26,29-33,35,37-38H2,1-2H3,(H,42,45)/b7-5-,13-11-,16-15-,19-18-,22-21-,25-24-,28-27-,36-34+. The molecule has 0 fully saturated rings. The molecule has 0 aromatic carbocycles. The van der Waals surface area contributed by atoms with Crippen molar-refractivity contribution < 1.29 is 15.0 Å². The molecule has 3 N–H and O–H groups in total. The van der Waals surface area contributed by atoms with Gasteiger partial charge in [-0.05, 0) is 77.0 Å². The zero-order chi connectivity index (χ0) is 32.9. The summed E-state index contributed by atoms with van der Waals surface area (Å²) < 4.78 is 0. The third kappa shape index (κ3) is 32.5. The molecule has 0 saturated carbocycles. The molecule has 45 heavy (non-hydrogen) atoms. The van der Waals surface area contributed by atoms with Crippen LogP contribution in [0.25, 0.3) is 0 Å². The van der Waals surface area contributed by atoms with Gasteiger partial charge in [-0.2, -0.15) is 0 Å². The van der Waals surface area contributed by atoms with E-state index in [0.29, 0.717) is 6.42 Å². The Hall–Kier alpha value is -2.69. The fourth-order valence-electron chi connectivity index (χ4n) is 4.57. The number of allylic oxidation sites excluding steroid dienone is 15. The first kappa shape index (κ1) is 42.3. The van der Waals surface area contributed by atoms with Crippen molar-refractivity contribution in [3.05, 3.63) is 97.2 Å². The zero-order valence-electron chi connectivity index (χ0n) is 28.8. The fourth-order valence-corrected chi connectivity index (χ4v) is 4.57. The number of hydrogen-bond acceptors (Lipinski definition) is 3. The van der Waals surface area contributed by atoms with E-state index in [0.717, 1.165) is 83.5 Å². The number of rotatable bonds is 30. The summed E-state index contributed by atoms with van der Waals surface area (Å²) in [6.07, 6.45) is 53.5. The van der Waals surface area contributed by atoms with Gasteiger partial charge < -0.3 is 15.5 Å². The molecule has 0 radical (unpaired) electrons. The van der Waals surface area contributed by atoms with Gasteiger partial charge in [0.1, 0.15) is 0 Å². The van der Waals surface area contributed by atoms with Gasteiger partial charge in [-0.25, -0.2) is 0 Å². The highest BCUT2D eigenvalue weighted by molar-refractivity contribution is 5.76. The van der Waals surface area contributed by atoms with Crippen LogP contribution in [-0.4, -0.2) is 34.9 Å². The number of carbonyl (C=O) groups is 1. The maximum atomic E-state index is 12.3. The van der Waals surface area contributed by atoms with E-state index in [4.69, 9.17) is 0 Å². The van der Waals surface area contributed by atoms with Gasteiger partial charge in [-0.15, -0.1) is 0 Å². The summed E-state index contributed by atoms with van der Waals surface area (Å²) >= 11 is 0. The summed E-state index contributed by atoms with van der Waals surface area (Å²) in [5.74, 6) is -0.106. The van der Waals surface area contributed by atoms with Crippen LogP contribution in [0.4, 0.5) is 0 Å². The predicted molar refractivity (Wildman–Crippen MR) is 197 cm³/mol. The van der Waals surface area contributed by atoms with Crippen molar-refractivity contribution in [3.8, 4) is 0 Å². The van der Waals surface area contributed by atoms with Crippen LogP contribution in [0.15, 0.2) is 97.2 Å². The molecule has 2 unspecified atom stereocenters. The minimum atomic E-state index is -0.856. The number of carbonyl (C=O) groups excluding carboxylic acids is 1. The van der Waals surface area contributed by atoms with Gasteiger partial charge in [0.2, 0.25) is 5.91 Å². The fraction of sp³-hybridized carbons (Fsp3) is 0.585. The second kappa shape index (κ2) is 35.8. The molecule has 254 valence electrons. The Morgan fingerprint density at radius 3 is 1.47 bits per heavy atom. The second-order valence-corrected chi connectivity index (χ2v) is 11.6. The van der Waals surface area contributed by atoms with Crippen LogP contribution in [0.2, 0.25) is 0 Å². The molecule has 0 heterocycles. The van der Waals surface area contributed by atoms with Crippen molar-refractivity contribution in [1.29, 1.82) is 0 Å². The van der Waals surface area contributed by atoms with Gasteiger partial charge in [0, 0.05) is 6.42 Å². The molecule has 2 atom stereocenters. The molecule has 0 bridgehead atoms. The topological polar surface area (TPSA) is 69.6 Å². The average Bonchev–Trinajstić information content (AvgIpc) is 3.04. The van der Waals surface area contributed by atoms with Crippen LogP contribution in [0.3, 0.4) is 0 Å². The van der Waals surface area contributed by atoms with Crippen molar-refractivity contribution in [3.63, 3.8) is 0 Å². The van der Waals surface area contributed by atoms with Gasteiger partial charge in [-0.1, -0.05) is 150 Å². The van der Waals surface area contributed by atoms with E-state index in [1.165, 1.54) is 32.1 Å². The Kier molecular flexibility index (Phi) is 33.6. The van der Waals surface area contributed by atoms with E-state index in [1.54, 1.807) is 6.08 Å². The Morgan fingerprint density at radius 1 is 0.556 bits per heavy atom. The van der Waals surface area contributed by atoms with Crippen LogP contribution < -0.4 is 5.32 Å². The summed E-state index contributed by atoms with van der Waals surface area (Å²) in [5.41, 5.74) is 0. The SMILES string of the molecule is CC/C=C\C/C=C\C/C=C\C/C=C\C/C=C\C/C=C\C/C=C\CCCCCC(=O)NC(CO)C(O)/C=C/CCCCCCCC. The Morgan fingerprint density at radius 2 is 0.978 bits per heavy atom. The number of unbranched alkanes of at least 4 members (excludes halogenated alkanes) is 9. The molecular formula is C41H67NO3. The van der Waals surface area contributed by atoms with Crippen molar-refractivity contribution >= 4 is 5.91 Å². The van der Waals surface area contributed by atoms with E-state index in [1.807, 2.05) is 6.08 Å². The van der Waals surface area contributed by atoms with Crippen molar-refractivity contribution in [1.82, 2.24) is 5.32 Å². The lowest BCUT2D eigenvalue weighted by molar-refractivity contribution is -0.123. The minimum absolute atomic E-state index is 0.106. The van der Waals surface area contributed by atoms with E-state index in [9.17, 15) is 15.0 Å². The highest BCUT2D eigenvalue weighted by Crippen LogP contribution is 2.09. The number of aliphatic hydroxyl groups is 2. The second-order valence-electron chi connectivity index (χ2n) is 11.6. The van der Waals surface area contributed by atoms with Crippen LogP contribution in [0.1, 0.15) is 136 Å². The van der Waals surface area contributed by atoms with Crippen LogP contribution in [-0.2, 0) is 4.79 Å². The van der Waals surface area contributed by atoms with E-state index >= 15 is 0 Å². The van der Waals surface area contributed by atoms with Crippen LogP contribution >= 0.6 is 0 Å². The zero-order valence-corrected chi connectivity index (χ0v) is 28.8. The molecule has 4 nitrogen and oxygen atoms in total. The summed E-state index contributed by atoms with van der Waals surface area (Å²) in [4.78, 5) is 12.3. The Bertz CT molecular complexity index is 890. The molecule has 0 aliphatic rings. The third-order valence-corrected chi connectivity index (χ3v) is 7.32. The Balaban J connectivity index is 3.76. The number of amides is 1. The van der Waals surface area contributed by atoms with Gasteiger partial charge in [-0.3, -0.25) is 4.79 Å². The predicted octanol–water partition coefficient (Wildman–Crippen LogP) is 10.7. The van der Waals surface area contributed by atoms with Crippen molar-refractivity contribution in [2.75, 3.05) is 6.61 Å². The molecule has 0 aromatic rings. The lowest BCUT2D eigenvalue weighted by atomic mass is 10.1. The third-order valence-electron chi connectivity index (χ3n) is 7.32. The lowest BCUT2D eigenvalue weighted by Crippen LogP contribution is -2.45. The van der Waals surface area contributed by atoms with E-state index in [2.05, 4.69) is 104 Å². The Labute approximate surface area is 277 Å². The van der Waals surface area contributed by atoms with Crippen LogP contribution in [0.5, 0.6) is 0 Å². The summed E-state index contributed by atoms with van der Waals surface area (Å²) in [5, 5.41) is 22.7. The molecule has 0 aliphatic carbocycles. The summed E-state index contributed by atoms with van der Waals surface area (Å²) in [6.45, 7) is 4.11. The van der Waals surface area contributed by atoms with E-state index < -0.39 is 12.1 Å². The molecule has 0 aliphatic heterocycles. The molecule has 0 aromatic heterocycles. The first-order valence-electron chi connectivity index (χ1n) is 18.0. The molecule has 0 saturated heterocycles. The smallest absolute Gasteiger partial charge is 0.220 e. The molecule has 4 heteroatoms. The number of nitrogens with one attached hydrogen (secondary N) is 1. The minimum Gasteiger partial charge on any atom is -0.394 e. The molecule has 0 rings (SSSR count). The van der Waals surface area contributed by atoms with Gasteiger partial charge in [0.15, 0.2) is 0 Å². The molecule has 1 amide bonds. The van der Waals surface area contributed by atoms with Crippen molar-refractivity contribution in [2.45, 2.75) is 148 Å². The lowest BCUT2D eigenvalue weighted by Gasteiger charge is -2.19. The van der Waals surface area contributed by atoms with Gasteiger partial charge >= 0.3 is 0 Å². The number of aliphatic hydroxyl groups excluding tert-OH is 2. The summed E-state index contributed by atoms with van der Waals surface area (Å²) in [6, 6.07) is -0.643. The van der Waals surface area contributed by atoms with Gasteiger partial charge in [0.05, 0.1) is 18.8 Å². The first-order chi connectivity index (χ1) is 22.2. The first-order valence-corrected chi connectivity index (χ1v) is 18.0. The highest BCUT2D eigenvalue weighted by atomic mass is 16.3. The molecular weight excluding hydrogens is 554 g/mol. The maximum Gasteiger partial charge on any atom is 0.220 e. The normalized spacial score (nSPS) is 14.3. The maximum absolute atomic E-state index is 12.3. The average molecular weight is 622 g/mol. The van der Waals surface area contributed by atoms with Crippen molar-refractivity contribution in [2.24, 2.45) is 0 Å². The monoisotopic (exact) mass is 622 g/mol. The largest absolute Gasteiger partial charge is 0.394 e. The number of hydrogen-bond donors (Lipinski definition) is 3. The molecule has 0 spiro atoms. The summed E-state index contributed by atoms with van der Waals surface area (Å²) in [7, 11) is 0. The van der Waals surface area contributed by atoms with E-state index in [-0.39, 0.29) is 12.5 Å². The van der Waals surface area contributed by atoms with Crippen LogP contribution in [0, 0.1) is 0 Å².